The Morgan fingerprint density at radius 2 is 2.31 bits per heavy atom. The number of aliphatic hydroxyl groups is 1. The van der Waals surface area contributed by atoms with Crippen LogP contribution in [0.4, 0.5) is 0 Å². The number of amides is 1. The van der Waals surface area contributed by atoms with Crippen molar-refractivity contribution in [2.75, 3.05) is 6.54 Å². The third-order valence-electron chi connectivity index (χ3n) is 3.75. The normalized spacial score (nSPS) is 33.0. The van der Waals surface area contributed by atoms with Crippen LogP contribution in [0.3, 0.4) is 0 Å². The van der Waals surface area contributed by atoms with Crippen molar-refractivity contribution in [2.45, 2.75) is 38.7 Å². The van der Waals surface area contributed by atoms with Gasteiger partial charge in [-0.2, -0.15) is 0 Å². The quantitative estimate of drug-likeness (QED) is 0.693. The number of carbonyl (C=O) groups excluding carboxylic acids is 1. The highest BCUT2D eigenvalue weighted by atomic mass is 16.3. The van der Waals surface area contributed by atoms with Gasteiger partial charge in [-0.3, -0.25) is 4.79 Å². The third-order valence-corrected chi connectivity index (χ3v) is 3.75. The van der Waals surface area contributed by atoms with Crippen molar-refractivity contribution in [2.24, 2.45) is 17.8 Å². The first-order valence-corrected chi connectivity index (χ1v) is 6.34. The fourth-order valence-electron chi connectivity index (χ4n) is 2.87. The van der Waals surface area contributed by atoms with Crippen LogP contribution in [0.5, 0.6) is 0 Å². The molecule has 0 aliphatic heterocycles. The van der Waals surface area contributed by atoms with Crippen molar-refractivity contribution in [3.63, 3.8) is 0 Å². The number of hydrogen-bond acceptors (Lipinski definition) is 2. The van der Waals surface area contributed by atoms with Crippen LogP contribution in [0.2, 0.25) is 0 Å². The predicted molar refractivity (Wildman–Crippen MR) is 62.8 cm³/mol. The number of aliphatic hydroxyl groups excluding tert-OH is 1. The van der Waals surface area contributed by atoms with Crippen LogP contribution in [-0.2, 0) is 4.79 Å². The first-order valence-electron chi connectivity index (χ1n) is 6.34. The summed E-state index contributed by atoms with van der Waals surface area (Å²) in [6, 6.07) is 0. The number of hydrogen-bond donors (Lipinski definition) is 2. The van der Waals surface area contributed by atoms with Crippen molar-refractivity contribution in [3.8, 4) is 0 Å². The Hall–Kier alpha value is -0.830. The van der Waals surface area contributed by atoms with Gasteiger partial charge in [0.15, 0.2) is 0 Å². The van der Waals surface area contributed by atoms with Gasteiger partial charge in [0.2, 0.25) is 5.91 Å². The minimum Gasteiger partial charge on any atom is -0.391 e. The van der Waals surface area contributed by atoms with Gasteiger partial charge in [0, 0.05) is 12.5 Å². The van der Waals surface area contributed by atoms with Gasteiger partial charge in [0.1, 0.15) is 0 Å². The van der Waals surface area contributed by atoms with Crippen molar-refractivity contribution < 1.29 is 9.90 Å². The molecule has 4 unspecified atom stereocenters. The molecule has 0 aromatic carbocycles. The van der Waals surface area contributed by atoms with E-state index < -0.39 is 0 Å². The zero-order valence-corrected chi connectivity index (χ0v) is 9.86. The molecular formula is C13H21NO2. The molecule has 0 heterocycles. The molecule has 1 saturated carbocycles. The second-order valence-electron chi connectivity index (χ2n) is 5.07. The fraction of sp³-hybridized carbons (Fsp3) is 0.769. The summed E-state index contributed by atoms with van der Waals surface area (Å²) in [7, 11) is 0. The Morgan fingerprint density at radius 3 is 2.88 bits per heavy atom. The molecule has 2 aliphatic rings. The van der Waals surface area contributed by atoms with Crippen LogP contribution in [0, 0.1) is 17.8 Å². The maximum atomic E-state index is 11.9. The molecule has 3 heteroatoms. The SMILES string of the molecule is CCCC(O)CNC(=O)C1CC2C=CC1C2. The predicted octanol–water partition coefficient (Wildman–Crippen LogP) is 1.48. The molecule has 2 bridgehead atoms. The highest BCUT2D eigenvalue weighted by molar-refractivity contribution is 5.80. The fourth-order valence-corrected chi connectivity index (χ4v) is 2.87. The molecule has 1 amide bonds. The van der Waals surface area contributed by atoms with Gasteiger partial charge in [-0.25, -0.2) is 0 Å². The van der Waals surface area contributed by atoms with E-state index in [-0.39, 0.29) is 17.9 Å². The van der Waals surface area contributed by atoms with Gasteiger partial charge >= 0.3 is 0 Å². The largest absolute Gasteiger partial charge is 0.391 e. The molecule has 0 aromatic heterocycles. The van der Waals surface area contributed by atoms with E-state index in [0.717, 1.165) is 25.7 Å². The number of nitrogens with one attached hydrogen (secondary N) is 1. The number of carbonyl (C=O) groups is 1. The summed E-state index contributed by atoms with van der Waals surface area (Å²) < 4.78 is 0. The second kappa shape index (κ2) is 5.00. The summed E-state index contributed by atoms with van der Waals surface area (Å²) in [5, 5.41) is 12.4. The molecule has 2 aliphatic carbocycles. The first kappa shape index (κ1) is 11.6. The lowest BCUT2D eigenvalue weighted by molar-refractivity contribution is -0.126. The van der Waals surface area contributed by atoms with Gasteiger partial charge < -0.3 is 10.4 Å². The van der Waals surface area contributed by atoms with E-state index in [1.165, 1.54) is 0 Å². The minimum atomic E-state index is -0.386. The number of rotatable bonds is 5. The molecule has 1 fully saturated rings. The van der Waals surface area contributed by atoms with Crippen LogP contribution in [0.15, 0.2) is 12.2 Å². The molecule has 0 aromatic rings. The van der Waals surface area contributed by atoms with E-state index in [9.17, 15) is 9.90 Å². The highest BCUT2D eigenvalue weighted by Gasteiger charge is 2.39. The van der Waals surface area contributed by atoms with Crippen LogP contribution in [0.1, 0.15) is 32.6 Å². The summed E-state index contributed by atoms with van der Waals surface area (Å²) in [5.74, 6) is 1.37. The second-order valence-corrected chi connectivity index (χ2v) is 5.07. The standard InChI is InChI=1S/C13H21NO2/c1-2-3-11(15)8-14-13(16)12-7-9-4-5-10(12)6-9/h4-5,9-12,15H,2-3,6-8H2,1H3,(H,14,16). The summed E-state index contributed by atoms with van der Waals surface area (Å²) in [5.41, 5.74) is 0. The summed E-state index contributed by atoms with van der Waals surface area (Å²) in [6.07, 6.45) is 7.89. The summed E-state index contributed by atoms with van der Waals surface area (Å²) >= 11 is 0. The average molecular weight is 223 g/mol. The molecule has 16 heavy (non-hydrogen) atoms. The Labute approximate surface area is 96.9 Å². The minimum absolute atomic E-state index is 0.131. The zero-order valence-electron chi connectivity index (χ0n) is 9.86. The average Bonchev–Trinajstić information content (AvgIpc) is 2.88. The summed E-state index contributed by atoms with van der Waals surface area (Å²) in [6.45, 7) is 2.44. The van der Waals surface area contributed by atoms with Crippen LogP contribution < -0.4 is 5.32 Å². The number of allylic oxidation sites excluding steroid dienone is 2. The smallest absolute Gasteiger partial charge is 0.223 e. The van der Waals surface area contributed by atoms with Gasteiger partial charge in [0.25, 0.3) is 0 Å². The molecule has 3 nitrogen and oxygen atoms in total. The van der Waals surface area contributed by atoms with E-state index in [4.69, 9.17) is 0 Å². The Balaban J connectivity index is 1.74. The molecule has 90 valence electrons. The summed E-state index contributed by atoms with van der Waals surface area (Å²) in [4.78, 5) is 11.9. The van der Waals surface area contributed by atoms with Gasteiger partial charge in [0.05, 0.1) is 6.10 Å². The zero-order chi connectivity index (χ0) is 11.5. The molecule has 2 rings (SSSR count). The highest BCUT2D eigenvalue weighted by Crippen LogP contribution is 2.43. The van der Waals surface area contributed by atoms with Gasteiger partial charge in [-0.15, -0.1) is 0 Å². The maximum absolute atomic E-state index is 11.9. The molecule has 0 radical (unpaired) electrons. The van der Waals surface area contributed by atoms with Gasteiger partial charge in [-0.05, 0) is 31.1 Å². The van der Waals surface area contributed by atoms with E-state index in [2.05, 4.69) is 17.5 Å². The van der Waals surface area contributed by atoms with Crippen molar-refractivity contribution in [3.05, 3.63) is 12.2 Å². The lowest BCUT2D eigenvalue weighted by Gasteiger charge is -2.18. The Kier molecular flexibility index (Phi) is 3.64. The molecular weight excluding hydrogens is 202 g/mol. The van der Waals surface area contributed by atoms with E-state index in [1.54, 1.807) is 0 Å². The monoisotopic (exact) mass is 223 g/mol. The van der Waals surface area contributed by atoms with Crippen molar-refractivity contribution in [1.82, 2.24) is 5.32 Å². The molecule has 0 spiro atoms. The maximum Gasteiger partial charge on any atom is 0.223 e. The Morgan fingerprint density at radius 1 is 1.50 bits per heavy atom. The lowest BCUT2D eigenvalue weighted by atomic mass is 9.93. The molecule has 0 saturated heterocycles. The van der Waals surface area contributed by atoms with Crippen molar-refractivity contribution in [1.29, 1.82) is 0 Å². The van der Waals surface area contributed by atoms with Crippen molar-refractivity contribution >= 4 is 5.91 Å². The van der Waals surface area contributed by atoms with Crippen LogP contribution >= 0.6 is 0 Å². The first-order chi connectivity index (χ1) is 7.70. The van der Waals surface area contributed by atoms with E-state index in [1.807, 2.05) is 6.92 Å². The van der Waals surface area contributed by atoms with Crippen LogP contribution in [-0.4, -0.2) is 23.7 Å². The number of fused-ring (bicyclic) bond motifs is 2. The third kappa shape index (κ3) is 2.46. The van der Waals surface area contributed by atoms with E-state index in [0.29, 0.717) is 18.4 Å². The van der Waals surface area contributed by atoms with E-state index >= 15 is 0 Å². The Bertz CT molecular complexity index is 288. The van der Waals surface area contributed by atoms with Gasteiger partial charge in [-0.1, -0.05) is 25.5 Å². The lowest BCUT2D eigenvalue weighted by Crippen LogP contribution is -2.37. The van der Waals surface area contributed by atoms with Crippen LogP contribution in [0.25, 0.3) is 0 Å². The molecule has 4 atom stereocenters. The molecule has 2 N–H and O–H groups in total. The topological polar surface area (TPSA) is 49.3 Å².